The minimum atomic E-state index is -6.09. The highest BCUT2D eigenvalue weighted by molar-refractivity contribution is 7.86. The van der Waals surface area contributed by atoms with E-state index in [2.05, 4.69) is 42.9 Å². The predicted molar refractivity (Wildman–Crippen MR) is 99.0 cm³/mol. The molecule has 0 unspecified atom stereocenters. The summed E-state index contributed by atoms with van der Waals surface area (Å²) >= 11 is 0. The molecule has 1 aromatic rings. The Bertz CT molecular complexity index is 604. The van der Waals surface area contributed by atoms with E-state index in [1.807, 2.05) is 0 Å². The van der Waals surface area contributed by atoms with E-state index in [0.717, 1.165) is 0 Å². The van der Waals surface area contributed by atoms with Crippen molar-refractivity contribution in [3.05, 3.63) is 30.1 Å². The lowest BCUT2D eigenvalue weighted by molar-refractivity contribution is -0.697. The second-order valence-corrected chi connectivity index (χ2v) is 8.07. The highest BCUT2D eigenvalue weighted by atomic mass is 32.2. The van der Waals surface area contributed by atoms with E-state index in [-0.39, 0.29) is 0 Å². The fraction of sp³-hybridized carbons (Fsp3) is 0.737. The normalized spacial score (nSPS) is 11.8. The lowest BCUT2D eigenvalue weighted by Gasteiger charge is -2.08. The van der Waals surface area contributed by atoms with Crippen molar-refractivity contribution >= 4 is 10.1 Å². The van der Waals surface area contributed by atoms with Gasteiger partial charge >= 0.3 is 5.51 Å². The molecule has 27 heavy (non-hydrogen) atoms. The molecular formula is C19H32F3NO3S. The van der Waals surface area contributed by atoms with Crippen LogP contribution in [0.2, 0.25) is 0 Å². The molecule has 0 bridgehead atoms. The number of nitrogens with zero attached hydrogens (tertiary/aromatic N) is 1. The molecule has 0 N–H and O–H groups in total. The van der Waals surface area contributed by atoms with Gasteiger partial charge in [0, 0.05) is 18.1 Å². The molecule has 0 aromatic carbocycles. The maximum Gasteiger partial charge on any atom is 0.485 e. The summed E-state index contributed by atoms with van der Waals surface area (Å²) in [5, 5.41) is 0. The first-order valence-electron chi connectivity index (χ1n) is 9.55. The fourth-order valence-electron chi connectivity index (χ4n) is 2.57. The van der Waals surface area contributed by atoms with E-state index < -0.39 is 15.6 Å². The van der Waals surface area contributed by atoms with Gasteiger partial charge in [-0.2, -0.15) is 13.2 Å². The minimum absolute atomic E-state index is 1.18. The minimum Gasteiger partial charge on any atom is -0.741 e. The van der Waals surface area contributed by atoms with Gasteiger partial charge in [0.15, 0.2) is 22.5 Å². The summed E-state index contributed by atoms with van der Waals surface area (Å²) in [5.41, 5.74) is -4.29. The van der Waals surface area contributed by atoms with Crippen molar-refractivity contribution < 1.29 is 30.7 Å². The Morgan fingerprint density at radius 3 is 1.81 bits per heavy atom. The van der Waals surface area contributed by atoms with Crippen LogP contribution in [0.4, 0.5) is 13.2 Å². The van der Waals surface area contributed by atoms with E-state index in [1.165, 1.54) is 76.3 Å². The van der Waals surface area contributed by atoms with Crippen molar-refractivity contribution in [3.8, 4) is 0 Å². The zero-order valence-electron chi connectivity index (χ0n) is 16.3. The van der Waals surface area contributed by atoms with Gasteiger partial charge in [-0.25, -0.2) is 13.0 Å². The largest absolute Gasteiger partial charge is 0.741 e. The molecule has 1 rings (SSSR count). The van der Waals surface area contributed by atoms with Crippen molar-refractivity contribution in [2.75, 3.05) is 0 Å². The Hall–Kier alpha value is -1.15. The van der Waals surface area contributed by atoms with Crippen LogP contribution in [0.1, 0.15) is 76.7 Å². The predicted octanol–water partition coefficient (Wildman–Crippen LogP) is 5.25. The molecule has 0 fully saturated rings. The zero-order chi connectivity index (χ0) is 20.8. The summed E-state index contributed by atoms with van der Waals surface area (Å²) < 4.78 is 61.2. The number of hydrogen-bond acceptors (Lipinski definition) is 3. The molecule has 0 spiro atoms. The Balaban J connectivity index is 0.000000713. The van der Waals surface area contributed by atoms with Crippen molar-refractivity contribution in [1.29, 1.82) is 0 Å². The number of unbranched alkanes of at least 4 members (excludes halogenated alkanes) is 9. The maximum absolute atomic E-state index is 10.7. The van der Waals surface area contributed by atoms with Crippen LogP contribution >= 0.6 is 0 Å². The van der Waals surface area contributed by atoms with Crippen molar-refractivity contribution in [2.45, 2.75) is 90.1 Å². The smallest absolute Gasteiger partial charge is 0.485 e. The van der Waals surface area contributed by atoms with Gasteiger partial charge in [0.05, 0.1) is 0 Å². The van der Waals surface area contributed by atoms with E-state index in [9.17, 15) is 13.2 Å². The quantitative estimate of drug-likeness (QED) is 0.216. The average molecular weight is 412 g/mol. The number of aromatic nitrogens is 1. The second-order valence-electron chi connectivity index (χ2n) is 6.70. The van der Waals surface area contributed by atoms with Crippen molar-refractivity contribution in [1.82, 2.24) is 0 Å². The molecule has 0 radical (unpaired) electrons. The van der Waals surface area contributed by atoms with E-state index >= 15 is 0 Å². The number of rotatable bonds is 11. The highest BCUT2D eigenvalue weighted by Gasteiger charge is 2.36. The fourth-order valence-corrected chi connectivity index (χ4v) is 2.57. The molecular weight excluding hydrogens is 379 g/mol. The molecule has 0 aliphatic rings. The molecule has 1 heterocycles. The molecule has 158 valence electrons. The first-order chi connectivity index (χ1) is 12.6. The Labute approximate surface area is 161 Å². The Morgan fingerprint density at radius 1 is 0.963 bits per heavy atom. The van der Waals surface area contributed by atoms with Crippen LogP contribution in [0.15, 0.2) is 24.5 Å². The molecule has 8 heteroatoms. The standard InChI is InChI=1S/C18H32N.CHF3O3S/c1-3-4-5-6-7-8-9-10-11-12-15-19-16-13-14-18(2)17-19;2-1(3,4)8(5,6)7/h13-14,16-17H,3-12,15H2,1-2H3;(H,5,6,7)/q+1;/p-1. The van der Waals surface area contributed by atoms with E-state index in [4.69, 9.17) is 13.0 Å². The SMILES string of the molecule is CCCCCCCCCCCC[n+]1cccc(C)c1.O=S(=O)([O-])C(F)(F)F. The zero-order valence-corrected chi connectivity index (χ0v) is 17.1. The Kier molecular flexibility index (Phi) is 13.3. The van der Waals surface area contributed by atoms with Crippen LogP contribution < -0.4 is 4.57 Å². The third-order valence-corrected chi connectivity index (χ3v) is 4.63. The number of alkyl halides is 3. The van der Waals surface area contributed by atoms with Gasteiger partial charge in [0.2, 0.25) is 0 Å². The summed E-state index contributed by atoms with van der Waals surface area (Å²) in [6, 6.07) is 4.31. The lowest BCUT2D eigenvalue weighted by atomic mass is 10.1. The Morgan fingerprint density at radius 2 is 1.41 bits per heavy atom. The second kappa shape index (κ2) is 13.9. The number of pyridine rings is 1. The van der Waals surface area contributed by atoms with Gasteiger partial charge in [-0.15, -0.1) is 0 Å². The lowest BCUT2D eigenvalue weighted by Crippen LogP contribution is -2.32. The van der Waals surface area contributed by atoms with E-state index in [0.29, 0.717) is 0 Å². The number of halogens is 3. The highest BCUT2D eigenvalue weighted by Crippen LogP contribution is 2.20. The third kappa shape index (κ3) is 14.6. The molecule has 4 nitrogen and oxygen atoms in total. The van der Waals surface area contributed by atoms with Gasteiger partial charge in [0.1, 0.15) is 6.54 Å². The summed E-state index contributed by atoms with van der Waals surface area (Å²) in [4.78, 5) is 0. The molecule has 0 aliphatic heterocycles. The maximum atomic E-state index is 10.7. The monoisotopic (exact) mass is 411 g/mol. The van der Waals surface area contributed by atoms with Crippen LogP contribution in [-0.2, 0) is 16.7 Å². The van der Waals surface area contributed by atoms with Gasteiger partial charge in [-0.1, -0.05) is 58.3 Å². The number of aryl methyl sites for hydroxylation is 2. The average Bonchev–Trinajstić information content (AvgIpc) is 2.55. The van der Waals surface area contributed by atoms with Crippen LogP contribution in [0.5, 0.6) is 0 Å². The first-order valence-corrected chi connectivity index (χ1v) is 11.0. The van der Waals surface area contributed by atoms with Crippen LogP contribution in [0, 0.1) is 6.92 Å². The summed E-state index contributed by atoms with van der Waals surface area (Å²) in [6.45, 7) is 5.62. The molecule has 0 saturated carbocycles. The third-order valence-electron chi connectivity index (χ3n) is 4.06. The van der Waals surface area contributed by atoms with Crippen LogP contribution in [-0.4, -0.2) is 18.5 Å². The van der Waals surface area contributed by atoms with Gasteiger partial charge in [0.25, 0.3) is 0 Å². The number of hydrogen-bond donors (Lipinski definition) is 0. The molecule has 0 saturated heterocycles. The first kappa shape index (κ1) is 25.9. The summed E-state index contributed by atoms with van der Waals surface area (Å²) in [5.74, 6) is 0. The topological polar surface area (TPSA) is 61.1 Å². The van der Waals surface area contributed by atoms with Gasteiger partial charge in [-0.3, -0.25) is 0 Å². The molecule has 0 amide bonds. The van der Waals surface area contributed by atoms with Gasteiger partial charge < -0.3 is 4.55 Å². The van der Waals surface area contributed by atoms with Gasteiger partial charge in [-0.05, 0) is 19.4 Å². The molecule has 0 atom stereocenters. The summed E-state index contributed by atoms with van der Waals surface area (Å²) in [6.07, 6.45) is 18.6. The molecule has 1 aromatic heterocycles. The summed E-state index contributed by atoms with van der Waals surface area (Å²) in [7, 11) is -6.09. The molecule has 0 aliphatic carbocycles. The van der Waals surface area contributed by atoms with E-state index in [1.54, 1.807) is 0 Å². The van der Waals surface area contributed by atoms with Crippen LogP contribution in [0.3, 0.4) is 0 Å². The van der Waals surface area contributed by atoms with Crippen molar-refractivity contribution in [3.63, 3.8) is 0 Å². The van der Waals surface area contributed by atoms with Crippen LogP contribution in [0.25, 0.3) is 0 Å². The van der Waals surface area contributed by atoms with Crippen molar-refractivity contribution in [2.24, 2.45) is 0 Å².